The van der Waals surface area contributed by atoms with Crippen LogP contribution in [0.5, 0.6) is 0 Å². The number of hydrogen-bond acceptors (Lipinski definition) is 1. The van der Waals surface area contributed by atoms with Crippen LogP contribution in [0.1, 0.15) is 35.2 Å². The topological polar surface area (TPSA) is 12.0 Å². The lowest BCUT2D eigenvalue weighted by atomic mass is 9.95. The summed E-state index contributed by atoms with van der Waals surface area (Å²) in [6, 6.07) is 14.8. The molecular weight excluding hydrogens is 254 g/mol. The summed E-state index contributed by atoms with van der Waals surface area (Å²) in [6.07, 6.45) is 0. The van der Waals surface area contributed by atoms with E-state index in [2.05, 4.69) is 50.4 Å². The fraction of sp³-hybridized carbons (Fsp3) is 0.294. The Morgan fingerprint density at radius 2 is 1.79 bits per heavy atom. The van der Waals surface area contributed by atoms with Gasteiger partial charge < -0.3 is 5.32 Å². The van der Waals surface area contributed by atoms with Crippen molar-refractivity contribution in [2.24, 2.45) is 0 Å². The van der Waals surface area contributed by atoms with Gasteiger partial charge in [-0.2, -0.15) is 0 Å². The highest BCUT2D eigenvalue weighted by molar-refractivity contribution is 6.31. The first-order valence-electron chi connectivity index (χ1n) is 6.68. The van der Waals surface area contributed by atoms with Gasteiger partial charge >= 0.3 is 0 Å². The number of halogens is 1. The normalized spacial score (nSPS) is 12.4. The number of hydrogen-bond donors (Lipinski definition) is 1. The number of aryl methyl sites for hydroxylation is 2. The Labute approximate surface area is 120 Å². The molecule has 0 spiro atoms. The van der Waals surface area contributed by atoms with E-state index in [4.69, 9.17) is 11.6 Å². The molecule has 2 aromatic carbocycles. The van der Waals surface area contributed by atoms with E-state index >= 15 is 0 Å². The van der Waals surface area contributed by atoms with E-state index < -0.39 is 0 Å². The second-order valence-corrected chi connectivity index (χ2v) is 5.26. The van der Waals surface area contributed by atoms with E-state index in [1.54, 1.807) is 0 Å². The lowest BCUT2D eigenvalue weighted by Crippen LogP contribution is -2.22. The molecule has 1 nitrogen and oxygen atoms in total. The Bertz CT molecular complexity index is 563. The number of nitrogens with one attached hydrogen (secondary N) is 1. The molecule has 1 atom stereocenters. The molecule has 0 aromatic heterocycles. The third kappa shape index (κ3) is 3.17. The van der Waals surface area contributed by atoms with Crippen molar-refractivity contribution < 1.29 is 0 Å². The fourth-order valence-electron chi connectivity index (χ4n) is 2.26. The molecule has 0 saturated carbocycles. The maximum atomic E-state index is 6.34. The predicted molar refractivity (Wildman–Crippen MR) is 82.9 cm³/mol. The Morgan fingerprint density at radius 3 is 2.42 bits per heavy atom. The average molecular weight is 274 g/mol. The zero-order valence-corrected chi connectivity index (χ0v) is 12.5. The van der Waals surface area contributed by atoms with E-state index in [0.717, 1.165) is 17.1 Å². The quantitative estimate of drug-likeness (QED) is 0.855. The monoisotopic (exact) mass is 273 g/mol. The van der Waals surface area contributed by atoms with Gasteiger partial charge in [-0.05, 0) is 48.7 Å². The molecular formula is C17H20ClN. The summed E-state index contributed by atoms with van der Waals surface area (Å²) in [5.41, 5.74) is 5.03. The van der Waals surface area contributed by atoms with Crippen molar-refractivity contribution in [2.45, 2.75) is 26.8 Å². The van der Waals surface area contributed by atoms with Crippen LogP contribution in [0.2, 0.25) is 5.02 Å². The fourth-order valence-corrected chi connectivity index (χ4v) is 2.51. The van der Waals surface area contributed by atoms with Gasteiger partial charge in [0.1, 0.15) is 0 Å². The molecule has 2 heteroatoms. The van der Waals surface area contributed by atoms with Crippen molar-refractivity contribution in [1.29, 1.82) is 0 Å². The second-order valence-electron chi connectivity index (χ2n) is 4.86. The van der Waals surface area contributed by atoms with E-state index in [1.165, 1.54) is 16.7 Å². The van der Waals surface area contributed by atoms with Gasteiger partial charge in [0, 0.05) is 5.02 Å². The SMILES string of the molecule is CCNC(c1ccc(C)c(C)c1)c1ccccc1Cl. The van der Waals surface area contributed by atoms with Crippen LogP contribution in [-0.4, -0.2) is 6.54 Å². The molecule has 1 unspecified atom stereocenters. The number of rotatable bonds is 4. The van der Waals surface area contributed by atoms with Crippen LogP contribution in [0, 0.1) is 13.8 Å². The summed E-state index contributed by atoms with van der Waals surface area (Å²) in [5.74, 6) is 0. The van der Waals surface area contributed by atoms with E-state index in [0.29, 0.717) is 0 Å². The first-order chi connectivity index (χ1) is 9.13. The van der Waals surface area contributed by atoms with Gasteiger partial charge in [-0.25, -0.2) is 0 Å². The summed E-state index contributed by atoms with van der Waals surface area (Å²) in [4.78, 5) is 0. The van der Waals surface area contributed by atoms with Gasteiger partial charge in [-0.3, -0.25) is 0 Å². The largest absolute Gasteiger partial charge is 0.306 e. The smallest absolute Gasteiger partial charge is 0.0591 e. The lowest BCUT2D eigenvalue weighted by Gasteiger charge is -2.21. The molecule has 0 fully saturated rings. The van der Waals surface area contributed by atoms with Gasteiger partial charge in [-0.15, -0.1) is 0 Å². The molecule has 0 bridgehead atoms. The summed E-state index contributed by atoms with van der Waals surface area (Å²) in [5, 5.41) is 4.33. The van der Waals surface area contributed by atoms with Crippen LogP contribution in [0.4, 0.5) is 0 Å². The average Bonchev–Trinajstić information content (AvgIpc) is 2.40. The molecule has 2 rings (SSSR count). The third-order valence-electron chi connectivity index (χ3n) is 3.49. The maximum absolute atomic E-state index is 6.34. The molecule has 0 aliphatic heterocycles. The minimum atomic E-state index is 0.151. The van der Waals surface area contributed by atoms with Gasteiger partial charge in [0.25, 0.3) is 0 Å². The van der Waals surface area contributed by atoms with Crippen molar-refractivity contribution in [2.75, 3.05) is 6.54 Å². The predicted octanol–water partition coefficient (Wildman–Crippen LogP) is 4.66. The molecule has 0 aliphatic rings. The molecule has 100 valence electrons. The van der Waals surface area contributed by atoms with Crippen molar-refractivity contribution in [1.82, 2.24) is 5.32 Å². The van der Waals surface area contributed by atoms with Gasteiger partial charge in [-0.1, -0.05) is 54.9 Å². The molecule has 1 N–H and O–H groups in total. The molecule has 0 aliphatic carbocycles. The first-order valence-corrected chi connectivity index (χ1v) is 7.06. The number of benzene rings is 2. The molecule has 0 saturated heterocycles. The highest BCUT2D eigenvalue weighted by Gasteiger charge is 2.15. The molecule has 0 radical (unpaired) electrons. The van der Waals surface area contributed by atoms with Crippen LogP contribution in [0.3, 0.4) is 0 Å². The zero-order chi connectivity index (χ0) is 13.8. The van der Waals surface area contributed by atoms with E-state index in [9.17, 15) is 0 Å². The van der Waals surface area contributed by atoms with Crippen molar-refractivity contribution in [3.63, 3.8) is 0 Å². The molecule has 0 heterocycles. The molecule has 0 amide bonds. The minimum Gasteiger partial charge on any atom is -0.306 e. The standard InChI is InChI=1S/C17H20ClN/c1-4-19-17(15-7-5-6-8-16(15)18)14-10-9-12(2)13(3)11-14/h5-11,17,19H,4H2,1-3H3. The van der Waals surface area contributed by atoms with Crippen LogP contribution in [0.25, 0.3) is 0 Å². The highest BCUT2D eigenvalue weighted by Crippen LogP contribution is 2.29. The van der Waals surface area contributed by atoms with E-state index in [-0.39, 0.29) is 6.04 Å². The van der Waals surface area contributed by atoms with Crippen LogP contribution in [0.15, 0.2) is 42.5 Å². The van der Waals surface area contributed by atoms with E-state index in [1.807, 2.05) is 18.2 Å². The van der Waals surface area contributed by atoms with Crippen LogP contribution in [-0.2, 0) is 0 Å². The summed E-state index contributed by atoms with van der Waals surface area (Å²) in [7, 11) is 0. The highest BCUT2D eigenvalue weighted by atomic mass is 35.5. The summed E-state index contributed by atoms with van der Waals surface area (Å²) < 4.78 is 0. The van der Waals surface area contributed by atoms with Gasteiger partial charge in [0.2, 0.25) is 0 Å². The van der Waals surface area contributed by atoms with Crippen molar-refractivity contribution >= 4 is 11.6 Å². The van der Waals surface area contributed by atoms with Crippen molar-refractivity contribution in [3.8, 4) is 0 Å². The van der Waals surface area contributed by atoms with Crippen LogP contribution < -0.4 is 5.32 Å². The van der Waals surface area contributed by atoms with Gasteiger partial charge in [0.05, 0.1) is 6.04 Å². The maximum Gasteiger partial charge on any atom is 0.0591 e. The zero-order valence-electron chi connectivity index (χ0n) is 11.7. The Morgan fingerprint density at radius 1 is 1.05 bits per heavy atom. The minimum absolute atomic E-state index is 0.151. The Balaban J connectivity index is 2.45. The summed E-state index contributed by atoms with van der Waals surface area (Å²) in [6.45, 7) is 7.30. The third-order valence-corrected chi connectivity index (χ3v) is 3.83. The first kappa shape index (κ1) is 14.1. The Hall–Kier alpha value is -1.31. The Kier molecular flexibility index (Phi) is 4.62. The van der Waals surface area contributed by atoms with Crippen molar-refractivity contribution in [3.05, 3.63) is 69.7 Å². The molecule has 2 aromatic rings. The lowest BCUT2D eigenvalue weighted by molar-refractivity contribution is 0.630. The molecule has 19 heavy (non-hydrogen) atoms. The van der Waals surface area contributed by atoms with Gasteiger partial charge in [0.15, 0.2) is 0 Å². The summed E-state index contributed by atoms with van der Waals surface area (Å²) >= 11 is 6.34. The van der Waals surface area contributed by atoms with Crippen LogP contribution >= 0.6 is 11.6 Å². The second kappa shape index (κ2) is 6.23.